The highest BCUT2D eigenvalue weighted by Gasteiger charge is 2.36. The molecular weight excluding hydrogens is 348 g/mol. The summed E-state index contributed by atoms with van der Waals surface area (Å²) in [5.41, 5.74) is 6.28. The van der Waals surface area contributed by atoms with E-state index in [2.05, 4.69) is 17.6 Å². The Hall–Kier alpha value is -1.54. The average Bonchev–Trinajstić information content (AvgIpc) is 2.58. The molecule has 0 spiro atoms. The van der Waals surface area contributed by atoms with Crippen LogP contribution in [0.1, 0.15) is 79.6 Å². The Bertz CT molecular complexity index is 419. The zero-order valence-corrected chi connectivity index (χ0v) is 17.8. The summed E-state index contributed by atoms with van der Waals surface area (Å²) < 4.78 is 10.9. The highest BCUT2D eigenvalue weighted by Crippen LogP contribution is 2.17. The predicted octanol–water partition coefficient (Wildman–Crippen LogP) is 3.51. The summed E-state index contributed by atoms with van der Waals surface area (Å²) in [6.07, 6.45) is 4.91. The van der Waals surface area contributed by atoms with Gasteiger partial charge in [0, 0.05) is 26.6 Å². The molecule has 0 rings (SSSR count). The van der Waals surface area contributed by atoms with E-state index in [0.29, 0.717) is 19.6 Å². The summed E-state index contributed by atoms with van der Waals surface area (Å²) in [6.45, 7) is 11.2. The number of alkyl carbamates (subject to hydrolysis) is 2. The van der Waals surface area contributed by atoms with E-state index in [-0.39, 0.29) is 0 Å². The van der Waals surface area contributed by atoms with Crippen LogP contribution in [0.2, 0.25) is 0 Å². The molecule has 4 N–H and O–H groups in total. The van der Waals surface area contributed by atoms with Gasteiger partial charge in [0.2, 0.25) is 5.85 Å². The maximum Gasteiger partial charge on any atom is 0.409 e. The number of unbranched alkanes of at least 4 members (excludes halogenated alkanes) is 4. The molecule has 0 radical (unpaired) electrons. The zero-order chi connectivity index (χ0) is 20.7. The number of hydrogen-bond donors (Lipinski definition) is 3. The minimum absolute atomic E-state index is 0.500. The predicted molar refractivity (Wildman–Crippen MR) is 107 cm³/mol. The Balaban J connectivity index is 4.85. The molecule has 0 aromatic carbocycles. The molecule has 0 aliphatic rings. The third-order valence-electron chi connectivity index (χ3n) is 4.19. The summed E-state index contributed by atoms with van der Waals surface area (Å²) in [4.78, 5) is 25.7. The minimum atomic E-state index is -1.40. The maximum absolute atomic E-state index is 12.0. The highest BCUT2D eigenvalue weighted by molar-refractivity contribution is 5.68. The van der Waals surface area contributed by atoms with Crippen LogP contribution in [0, 0.1) is 0 Å². The molecule has 27 heavy (non-hydrogen) atoms. The average molecular weight is 389 g/mol. The lowest BCUT2D eigenvalue weighted by atomic mass is 10.2. The van der Waals surface area contributed by atoms with Crippen molar-refractivity contribution >= 4 is 12.2 Å². The van der Waals surface area contributed by atoms with Crippen LogP contribution in [0.25, 0.3) is 0 Å². The second-order valence-electron chi connectivity index (χ2n) is 6.91. The Labute approximate surface area is 164 Å². The van der Waals surface area contributed by atoms with Gasteiger partial charge in [-0.15, -0.1) is 0 Å². The Morgan fingerprint density at radius 3 is 2.00 bits per heavy atom. The number of rotatable bonds is 14. The maximum atomic E-state index is 12.0. The van der Waals surface area contributed by atoms with Crippen molar-refractivity contribution in [2.45, 2.75) is 91.6 Å². The van der Waals surface area contributed by atoms with Gasteiger partial charge in [-0.2, -0.15) is 0 Å². The molecule has 2 unspecified atom stereocenters. The zero-order valence-electron chi connectivity index (χ0n) is 17.8. The van der Waals surface area contributed by atoms with Gasteiger partial charge in [0.1, 0.15) is 0 Å². The van der Waals surface area contributed by atoms with Crippen LogP contribution in [0.3, 0.4) is 0 Å². The normalized spacial score (nSPS) is 14.3. The van der Waals surface area contributed by atoms with Crippen LogP contribution >= 0.6 is 0 Å². The second-order valence-corrected chi connectivity index (χ2v) is 6.91. The van der Waals surface area contributed by atoms with E-state index in [4.69, 9.17) is 15.2 Å². The van der Waals surface area contributed by atoms with Crippen molar-refractivity contribution in [2.75, 3.05) is 19.6 Å². The largest absolute Gasteiger partial charge is 0.430 e. The fourth-order valence-corrected chi connectivity index (χ4v) is 2.57. The summed E-state index contributed by atoms with van der Waals surface area (Å²) in [6, 6.07) is 0. The highest BCUT2D eigenvalue weighted by atomic mass is 16.6. The summed E-state index contributed by atoms with van der Waals surface area (Å²) >= 11 is 0. The number of carbonyl (C=O) groups excluding carboxylic acids is 2. The third kappa shape index (κ3) is 11.7. The van der Waals surface area contributed by atoms with Crippen LogP contribution in [-0.2, 0) is 9.47 Å². The minimum Gasteiger partial charge on any atom is -0.430 e. The number of hydrogen-bond acceptors (Lipinski definition) is 6. The molecule has 0 aromatic rings. The van der Waals surface area contributed by atoms with Gasteiger partial charge in [0.25, 0.3) is 0 Å². The van der Waals surface area contributed by atoms with Crippen LogP contribution in [0.15, 0.2) is 0 Å². The lowest BCUT2D eigenvalue weighted by molar-refractivity contribution is -0.159. The van der Waals surface area contributed by atoms with Gasteiger partial charge in [-0.25, -0.2) is 14.5 Å². The Morgan fingerprint density at radius 1 is 0.963 bits per heavy atom. The van der Waals surface area contributed by atoms with Crippen molar-refractivity contribution in [1.82, 2.24) is 15.5 Å². The molecule has 0 aromatic heterocycles. The number of amides is 2. The molecule has 0 fully saturated rings. The van der Waals surface area contributed by atoms with Crippen molar-refractivity contribution < 1.29 is 19.1 Å². The summed E-state index contributed by atoms with van der Waals surface area (Å²) in [5.74, 6) is -1.40. The van der Waals surface area contributed by atoms with Gasteiger partial charge in [0.15, 0.2) is 6.23 Å². The van der Waals surface area contributed by atoms with Crippen molar-refractivity contribution in [2.24, 2.45) is 5.73 Å². The standard InChI is InChI=1S/C19H40N4O4/c1-6-9-12-15-23(16(4)26-17(24)21-13-10-7-2)19(5,20)27-18(25)22-14-11-8-3/h16H,6-15,20H2,1-5H3,(H,21,24)(H,22,25). The Kier molecular flexibility index (Phi) is 13.7. The van der Waals surface area contributed by atoms with Crippen molar-refractivity contribution in [1.29, 1.82) is 0 Å². The number of carbonyl (C=O) groups is 2. The number of ether oxygens (including phenoxy) is 2. The number of nitrogens with one attached hydrogen (secondary N) is 2. The molecule has 2 atom stereocenters. The molecular formula is C19H40N4O4. The molecule has 0 aliphatic heterocycles. The molecule has 0 saturated carbocycles. The van der Waals surface area contributed by atoms with Crippen LogP contribution in [-0.4, -0.2) is 48.8 Å². The first kappa shape index (κ1) is 25.5. The van der Waals surface area contributed by atoms with Crippen molar-refractivity contribution in [3.63, 3.8) is 0 Å². The first-order valence-electron chi connectivity index (χ1n) is 10.2. The monoisotopic (exact) mass is 388 g/mol. The van der Waals surface area contributed by atoms with Crippen LogP contribution in [0.5, 0.6) is 0 Å². The molecule has 0 heterocycles. The van der Waals surface area contributed by atoms with Gasteiger partial charge in [-0.05, 0) is 26.2 Å². The fourth-order valence-electron chi connectivity index (χ4n) is 2.57. The van der Waals surface area contributed by atoms with Gasteiger partial charge in [0.05, 0.1) is 0 Å². The van der Waals surface area contributed by atoms with E-state index in [9.17, 15) is 9.59 Å². The number of nitrogens with zero attached hydrogens (tertiary/aromatic N) is 1. The Morgan fingerprint density at radius 2 is 1.48 bits per heavy atom. The van der Waals surface area contributed by atoms with Crippen molar-refractivity contribution in [3.05, 3.63) is 0 Å². The lowest BCUT2D eigenvalue weighted by Gasteiger charge is -2.40. The van der Waals surface area contributed by atoms with E-state index in [1.807, 2.05) is 13.8 Å². The number of nitrogens with two attached hydrogens (primary N) is 1. The van der Waals surface area contributed by atoms with Gasteiger partial charge >= 0.3 is 12.2 Å². The fraction of sp³-hybridized carbons (Fsp3) is 0.895. The summed E-state index contributed by atoms with van der Waals surface area (Å²) in [5, 5.41) is 5.40. The topological polar surface area (TPSA) is 106 Å². The van der Waals surface area contributed by atoms with Gasteiger partial charge in [-0.1, -0.05) is 46.5 Å². The van der Waals surface area contributed by atoms with E-state index < -0.39 is 24.3 Å². The SMILES string of the molecule is CCCCCN(C(C)OC(=O)NCCCC)C(C)(N)OC(=O)NCCCC. The lowest BCUT2D eigenvalue weighted by Crippen LogP contribution is -2.61. The molecule has 0 bridgehead atoms. The molecule has 160 valence electrons. The van der Waals surface area contributed by atoms with Crippen molar-refractivity contribution in [3.8, 4) is 0 Å². The molecule has 2 amide bonds. The van der Waals surface area contributed by atoms with E-state index in [1.54, 1.807) is 18.7 Å². The van der Waals surface area contributed by atoms with E-state index >= 15 is 0 Å². The molecule has 8 nitrogen and oxygen atoms in total. The molecule has 0 saturated heterocycles. The molecule has 0 aliphatic carbocycles. The van der Waals surface area contributed by atoms with Gasteiger partial charge < -0.3 is 20.1 Å². The summed E-state index contributed by atoms with van der Waals surface area (Å²) in [7, 11) is 0. The molecule has 8 heteroatoms. The van der Waals surface area contributed by atoms with E-state index in [0.717, 1.165) is 44.9 Å². The van der Waals surface area contributed by atoms with Gasteiger partial charge in [-0.3, -0.25) is 5.73 Å². The smallest absolute Gasteiger partial charge is 0.409 e. The van der Waals surface area contributed by atoms with Crippen LogP contribution < -0.4 is 16.4 Å². The third-order valence-corrected chi connectivity index (χ3v) is 4.19. The second kappa shape index (κ2) is 14.5. The van der Waals surface area contributed by atoms with E-state index in [1.165, 1.54) is 0 Å². The van der Waals surface area contributed by atoms with Crippen LogP contribution in [0.4, 0.5) is 9.59 Å². The first-order chi connectivity index (χ1) is 12.8. The quantitative estimate of drug-likeness (QED) is 0.311. The first-order valence-corrected chi connectivity index (χ1v) is 10.2.